The molecule has 0 bridgehead atoms. The van der Waals surface area contributed by atoms with E-state index in [1.165, 1.54) is 0 Å². The maximum atomic E-state index is 8.22. The molecule has 2 aliphatic rings. The zero-order valence-corrected chi connectivity index (χ0v) is 23.6. The van der Waals surface area contributed by atoms with Gasteiger partial charge in [0.05, 0.1) is 16.7 Å². The summed E-state index contributed by atoms with van der Waals surface area (Å²) in [6.45, 7) is -0.282. The highest BCUT2D eigenvalue weighted by atomic mass is 16.5. The number of pyridine rings is 1. The quantitative estimate of drug-likeness (QED) is 0.210. The Morgan fingerprint density at radius 2 is 1.58 bits per heavy atom. The number of hydrogen-bond acceptors (Lipinski definition) is 4. The average Bonchev–Trinajstić information content (AvgIpc) is 3.61. The van der Waals surface area contributed by atoms with Gasteiger partial charge in [-0.2, -0.15) is 0 Å². The maximum absolute atomic E-state index is 8.22. The molecule has 43 heavy (non-hydrogen) atoms. The Balaban J connectivity index is 1.18. The summed E-state index contributed by atoms with van der Waals surface area (Å²) in [5, 5.41) is 2.28. The third-order valence-electron chi connectivity index (χ3n) is 8.14. The molecule has 208 valence electrons. The number of aryl methyl sites for hydroxylation is 2. The van der Waals surface area contributed by atoms with Crippen LogP contribution in [0, 0.1) is 13.8 Å². The monoisotopic (exact) mass is 561 g/mol. The second-order valence-corrected chi connectivity index (χ2v) is 10.8. The molecule has 0 radical (unpaired) electrons. The van der Waals surface area contributed by atoms with E-state index in [0.717, 1.165) is 44.4 Å². The van der Waals surface area contributed by atoms with E-state index >= 15 is 0 Å². The van der Waals surface area contributed by atoms with Crippen molar-refractivity contribution in [2.45, 2.75) is 19.9 Å². The molecular weight excluding hydrogens is 528 g/mol. The van der Waals surface area contributed by atoms with Crippen LogP contribution in [0.25, 0.3) is 33.3 Å². The number of fused-ring (bicyclic) bond motifs is 4. The van der Waals surface area contributed by atoms with Crippen molar-refractivity contribution in [2.75, 3.05) is 4.90 Å². The fourth-order valence-corrected chi connectivity index (χ4v) is 6.23. The molecule has 0 amide bonds. The molecule has 2 aromatic heterocycles. The van der Waals surface area contributed by atoms with Crippen molar-refractivity contribution in [3.8, 4) is 17.3 Å². The van der Waals surface area contributed by atoms with Crippen LogP contribution in [-0.4, -0.2) is 20.6 Å². The molecule has 1 unspecified atom stereocenters. The summed E-state index contributed by atoms with van der Waals surface area (Å²) in [4.78, 5) is 8.86. The second-order valence-electron chi connectivity index (χ2n) is 10.8. The minimum atomic E-state index is -2.24. The van der Waals surface area contributed by atoms with Crippen molar-refractivity contribution >= 4 is 33.2 Å². The lowest BCUT2D eigenvalue weighted by atomic mass is 10.1. The number of para-hydroxylation sites is 2. The van der Waals surface area contributed by atoms with E-state index in [1.807, 2.05) is 98.3 Å². The van der Waals surface area contributed by atoms with E-state index in [-0.39, 0.29) is 6.17 Å². The minimum absolute atomic E-state index is 0.192. The lowest BCUT2D eigenvalue weighted by molar-refractivity contribution is 0.469. The fraction of sp³-hybridized carbons (Fsp3) is 0.0789. The Labute approximate surface area is 255 Å². The van der Waals surface area contributed by atoms with Gasteiger partial charge in [-0.3, -0.25) is 4.57 Å². The van der Waals surface area contributed by atoms with Gasteiger partial charge in [0.15, 0.2) is 0 Å². The predicted molar refractivity (Wildman–Crippen MR) is 175 cm³/mol. The van der Waals surface area contributed by atoms with Crippen LogP contribution in [0.1, 0.15) is 20.8 Å². The summed E-state index contributed by atoms with van der Waals surface area (Å²) in [6.07, 6.45) is 11.8. The van der Waals surface area contributed by atoms with Gasteiger partial charge in [-0.05, 0) is 79.5 Å². The number of aromatic nitrogens is 2. The van der Waals surface area contributed by atoms with E-state index in [9.17, 15) is 0 Å². The van der Waals surface area contributed by atoms with Crippen LogP contribution in [0.5, 0.6) is 11.5 Å². The molecule has 0 saturated carbocycles. The number of benzene rings is 4. The van der Waals surface area contributed by atoms with E-state index in [1.54, 1.807) is 6.07 Å². The lowest BCUT2D eigenvalue weighted by Crippen LogP contribution is -2.36. The maximum Gasteiger partial charge on any atom is 0.137 e. The molecule has 0 N–H and O–H groups in total. The highest BCUT2D eigenvalue weighted by molar-refractivity contribution is 6.09. The summed E-state index contributed by atoms with van der Waals surface area (Å²) < 4.78 is 33.3. The van der Waals surface area contributed by atoms with Crippen molar-refractivity contribution in [2.24, 2.45) is 0 Å². The van der Waals surface area contributed by atoms with Gasteiger partial charge in [-0.15, -0.1) is 0 Å². The molecule has 0 spiro atoms. The van der Waals surface area contributed by atoms with Crippen LogP contribution < -0.4 is 9.64 Å². The number of anilines is 1. The van der Waals surface area contributed by atoms with E-state index in [4.69, 9.17) is 8.85 Å². The molecule has 5 nitrogen and oxygen atoms in total. The van der Waals surface area contributed by atoms with Gasteiger partial charge >= 0.3 is 0 Å². The molecule has 0 aliphatic carbocycles. The zero-order chi connectivity index (χ0) is 31.4. The molecule has 2 aliphatic heterocycles. The van der Waals surface area contributed by atoms with Crippen molar-refractivity contribution in [1.82, 2.24) is 14.5 Å². The molecule has 4 aromatic carbocycles. The van der Waals surface area contributed by atoms with Crippen molar-refractivity contribution < 1.29 is 8.85 Å². The highest BCUT2D eigenvalue weighted by Crippen LogP contribution is 2.40. The Morgan fingerprint density at radius 1 is 0.744 bits per heavy atom. The number of hydrogen-bond donors (Lipinski definition) is 0. The Kier molecular flexibility index (Phi) is 5.17. The average molecular weight is 562 g/mol. The Morgan fingerprint density at radius 3 is 2.49 bits per heavy atom. The molecule has 0 saturated heterocycles. The molecular formula is C38H30N4O. The van der Waals surface area contributed by atoms with Gasteiger partial charge in [0, 0.05) is 50.8 Å². The van der Waals surface area contributed by atoms with Crippen molar-refractivity contribution in [3.63, 3.8) is 0 Å². The number of allylic oxidation sites excluding steroid dienone is 2. The van der Waals surface area contributed by atoms with Crippen LogP contribution in [0.2, 0.25) is 0 Å². The third-order valence-corrected chi connectivity index (χ3v) is 8.14. The Bertz CT molecular complexity index is 2220. The van der Waals surface area contributed by atoms with Crippen LogP contribution >= 0.6 is 0 Å². The van der Waals surface area contributed by atoms with Crippen molar-refractivity contribution in [3.05, 3.63) is 157 Å². The lowest BCUT2D eigenvalue weighted by Gasteiger charge is -2.33. The van der Waals surface area contributed by atoms with E-state index < -0.39 is 6.85 Å². The minimum Gasteiger partial charge on any atom is -0.457 e. The summed E-state index contributed by atoms with van der Waals surface area (Å²) in [7, 11) is 0. The first-order valence-electron chi connectivity index (χ1n) is 15.8. The fourth-order valence-electron chi connectivity index (χ4n) is 6.23. The number of nitrogens with zero attached hydrogens (tertiary/aromatic N) is 4. The van der Waals surface area contributed by atoms with Crippen molar-refractivity contribution in [1.29, 1.82) is 0 Å². The first-order valence-corrected chi connectivity index (χ1v) is 14.3. The summed E-state index contributed by atoms with van der Waals surface area (Å²) in [6, 6.07) is 33.9. The SMILES string of the molecule is [2H]C([2H])([2H])c1cccc(C)c1N1C=C(c2cccc(Oc3ccc4c5ccccc5n(-c5ccccn5)c4c3)c2)N2C=CC=CC21. The Hall–Kier alpha value is -5.55. The van der Waals surface area contributed by atoms with Gasteiger partial charge < -0.3 is 14.5 Å². The third kappa shape index (κ3) is 4.20. The molecule has 1 atom stereocenters. The van der Waals surface area contributed by atoms with Gasteiger partial charge in [0.1, 0.15) is 23.5 Å². The van der Waals surface area contributed by atoms with Crippen LogP contribution in [0.15, 0.2) is 140 Å². The van der Waals surface area contributed by atoms with E-state index in [0.29, 0.717) is 22.7 Å². The second kappa shape index (κ2) is 10.1. The molecule has 0 fully saturated rings. The first kappa shape index (κ1) is 22.1. The standard InChI is InChI=1S/C38H30N4O/c1-26-11-9-12-27(2)38(26)41-25-35(40-22-8-6-18-37(40)41)28-13-10-14-29(23-28)43-30-19-20-32-31-15-3-4-16-33(31)42(34(32)24-30)36-17-5-7-21-39-36/h3-25,37H,1-2H3/i1D3. The topological polar surface area (TPSA) is 33.5 Å². The van der Waals surface area contributed by atoms with Gasteiger partial charge in [0.2, 0.25) is 0 Å². The van der Waals surface area contributed by atoms with Gasteiger partial charge in [0.25, 0.3) is 0 Å². The van der Waals surface area contributed by atoms with E-state index in [2.05, 4.69) is 61.8 Å². The molecule has 8 rings (SSSR count). The number of ether oxygens (including phenoxy) is 1. The predicted octanol–water partition coefficient (Wildman–Crippen LogP) is 9.12. The highest BCUT2D eigenvalue weighted by Gasteiger charge is 2.33. The summed E-state index contributed by atoms with van der Waals surface area (Å²) >= 11 is 0. The first-order chi connectivity index (χ1) is 22.4. The smallest absolute Gasteiger partial charge is 0.137 e. The molecule has 6 aromatic rings. The summed E-state index contributed by atoms with van der Waals surface area (Å²) in [5.41, 5.74) is 5.95. The van der Waals surface area contributed by atoms with Crippen LogP contribution in [-0.2, 0) is 0 Å². The number of rotatable bonds is 5. The van der Waals surface area contributed by atoms with Crippen LogP contribution in [0.4, 0.5) is 5.69 Å². The van der Waals surface area contributed by atoms with Gasteiger partial charge in [-0.25, -0.2) is 4.98 Å². The van der Waals surface area contributed by atoms with Crippen LogP contribution in [0.3, 0.4) is 0 Å². The normalized spacial score (nSPS) is 17.1. The van der Waals surface area contributed by atoms with Gasteiger partial charge in [-0.1, -0.05) is 60.7 Å². The molecule has 5 heteroatoms. The largest absolute Gasteiger partial charge is 0.457 e. The summed E-state index contributed by atoms with van der Waals surface area (Å²) in [5.74, 6) is 2.26. The zero-order valence-electron chi connectivity index (χ0n) is 26.6. The molecule has 4 heterocycles.